The van der Waals surface area contributed by atoms with Crippen LogP contribution < -0.4 is 10.2 Å². The minimum atomic E-state index is 0.733. The van der Waals surface area contributed by atoms with Gasteiger partial charge in [-0.1, -0.05) is 6.92 Å². The lowest BCUT2D eigenvalue weighted by atomic mass is 10.1. The predicted molar refractivity (Wildman–Crippen MR) is 105 cm³/mol. The summed E-state index contributed by atoms with van der Waals surface area (Å²) in [6.07, 6.45) is 2.58. The Hall–Kier alpha value is -2.47. The quantitative estimate of drug-likeness (QED) is 0.503. The minimum Gasteiger partial charge on any atom is -0.494 e. The summed E-state index contributed by atoms with van der Waals surface area (Å²) in [5.74, 6) is 1.63. The lowest BCUT2D eigenvalue weighted by Gasteiger charge is -2.07. The molecule has 0 aliphatic carbocycles. The molecule has 0 spiro atoms. The van der Waals surface area contributed by atoms with Crippen LogP contribution in [0.3, 0.4) is 0 Å². The fraction of sp³-hybridized carbons (Fsp3) is 0.316. The summed E-state index contributed by atoms with van der Waals surface area (Å²) in [6.45, 7) is 8.99. The fourth-order valence-corrected chi connectivity index (χ4v) is 3.48. The molecule has 0 saturated carbocycles. The van der Waals surface area contributed by atoms with Crippen molar-refractivity contribution in [2.45, 2.75) is 34.1 Å². The van der Waals surface area contributed by atoms with Crippen LogP contribution in [0.2, 0.25) is 0 Å². The van der Waals surface area contributed by atoms with Gasteiger partial charge in [0.2, 0.25) is 0 Å². The second-order valence-electron chi connectivity index (χ2n) is 5.87. The normalized spacial score (nSPS) is 11.8. The summed E-state index contributed by atoms with van der Waals surface area (Å²) in [6, 6.07) is 7.97. The minimum absolute atomic E-state index is 0.733. The van der Waals surface area contributed by atoms with Crippen LogP contribution in [0.25, 0.3) is 10.2 Å². The van der Waals surface area contributed by atoms with Crippen LogP contribution in [0, 0.1) is 13.8 Å². The number of benzene rings is 1. The number of rotatable bonds is 6. The van der Waals surface area contributed by atoms with Crippen molar-refractivity contribution in [2.75, 3.05) is 12.0 Å². The van der Waals surface area contributed by atoms with Gasteiger partial charge in [0.15, 0.2) is 5.82 Å². The van der Waals surface area contributed by atoms with Gasteiger partial charge >= 0.3 is 0 Å². The first-order chi connectivity index (χ1) is 12.1. The molecule has 0 saturated heterocycles. The maximum atomic E-state index is 5.61. The zero-order chi connectivity index (χ0) is 17.8. The van der Waals surface area contributed by atoms with E-state index in [1.807, 2.05) is 31.2 Å². The second-order valence-corrected chi connectivity index (χ2v) is 7.07. The summed E-state index contributed by atoms with van der Waals surface area (Å²) >= 11 is 1.68. The van der Waals surface area contributed by atoms with Gasteiger partial charge in [-0.3, -0.25) is 5.43 Å². The molecule has 0 bridgehead atoms. The number of nitrogens with one attached hydrogen (secondary N) is 1. The van der Waals surface area contributed by atoms with Gasteiger partial charge in [0.25, 0.3) is 0 Å². The van der Waals surface area contributed by atoms with Gasteiger partial charge in [-0.25, -0.2) is 9.97 Å². The van der Waals surface area contributed by atoms with Crippen LogP contribution in [0.5, 0.6) is 5.75 Å². The highest BCUT2D eigenvalue weighted by molar-refractivity contribution is 7.18. The van der Waals surface area contributed by atoms with E-state index in [1.165, 1.54) is 10.4 Å². The number of anilines is 1. The fourth-order valence-electron chi connectivity index (χ4n) is 2.48. The first-order valence-corrected chi connectivity index (χ1v) is 9.16. The molecule has 1 N–H and O–H groups in total. The topological polar surface area (TPSA) is 59.4 Å². The van der Waals surface area contributed by atoms with Gasteiger partial charge in [0.05, 0.1) is 17.7 Å². The second kappa shape index (κ2) is 7.61. The van der Waals surface area contributed by atoms with E-state index in [-0.39, 0.29) is 0 Å². The van der Waals surface area contributed by atoms with E-state index in [1.54, 1.807) is 17.7 Å². The number of fused-ring (bicyclic) bond motifs is 1. The van der Waals surface area contributed by atoms with Crippen molar-refractivity contribution in [3.05, 3.63) is 46.6 Å². The molecule has 5 nitrogen and oxygen atoms in total. The molecular weight excluding hydrogens is 332 g/mol. The van der Waals surface area contributed by atoms with Gasteiger partial charge in [-0.05, 0) is 62.6 Å². The Balaban J connectivity index is 1.80. The summed E-state index contributed by atoms with van der Waals surface area (Å²) in [5, 5.41) is 5.54. The number of thiophene rings is 1. The summed E-state index contributed by atoms with van der Waals surface area (Å²) in [7, 11) is 0. The van der Waals surface area contributed by atoms with Gasteiger partial charge in [-0.15, -0.1) is 11.3 Å². The molecule has 0 aliphatic heterocycles. The van der Waals surface area contributed by atoms with Crippen LogP contribution in [0.15, 0.2) is 35.7 Å². The van der Waals surface area contributed by atoms with E-state index in [4.69, 9.17) is 4.74 Å². The highest BCUT2D eigenvalue weighted by Crippen LogP contribution is 2.32. The molecule has 6 heteroatoms. The average molecular weight is 354 g/mol. The van der Waals surface area contributed by atoms with E-state index < -0.39 is 0 Å². The maximum absolute atomic E-state index is 5.61. The Morgan fingerprint density at radius 2 is 1.96 bits per heavy atom. The largest absolute Gasteiger partial charge is 0.494 e. The number of nitrogens with zero attached hydrogens (tertiary/aromatic N) is 3. The molecule has 1 aromatic carbocycles. The van der Waals surface area contributed by atoms with E-state index >= 15 is 0 Å². The van der Waals surface area contributed by atoms with Crippen molar-refractivity contribution in [2.24, 2.45) is 5.10 Å². The third-order valence-corrected chi connectivity index (χ3v) is 5.16. The molecule has 3 rings (SSSR count). The van der Waals surface area contributed by atoms with Crippen molar-refractivity contribution in [3.8, 4) is 5.75 Å². The Labute approximate surface area is 151 Å². The first-order valence-electron chi connectivity index (χ1n) is 8.34. The van der Waals surface area contributed by atoms with Crippen LogP contribution in [0.4, 0.5) is 5.82 Å². The van der Waals surface area contributed by atoms with Crippen molar-refractivity contribution in [1.82, 2.24) is 9.97 Å². The third kappa shape index (κ3) is 3.79. The van der Waals surface area contributed by atoms with E-state index in [2.05, 4.69) is 41.3 Å². The van der Waals surface area contributed by atoms with E-state index in [9.17, 15) is 0 Å². The molecule has 0 fully saturated rings. The molecule has 0 atom stereocenters. The molecule has 0 amide bonds. The zero-order valence-electron chi connectivity index (χ0n) is 15.0. The molecule has 0 unspecified atom stereocenters. The van der Waals surface area contributed by atoms with Crippen LogP contribution in [-0.4, -0.2) is 22.3 Å². The lowest BCUT2D eigenvalue weighted by molar-refractivity contribution is 0.317. The monoisotopic (exact) mass is 354 g/mol. The molecular formula is C19H22N4OS. The number of hydrogen-bond donors (Lipinski definition) is 1. The summed E-state index contributed by atoms with van der Waals surface area (Å²) < 4.78 is 5.61. The standard InChI is InChI=1S/C19H22N4OS/c1-5-10-24-16-8-6-15(7-9-16)13(3)22-23-18-17-12(2)14(4)25-19(17)21-11-20-18/h6-9,11H,5,10H2,1-4H3,(H,20,21,23)/b22-13-. The van der Waals surface area contributed by atoms with Gasteiger partial charge < -0.3 is 4.74 Å². The molecule has 130 valence electrons. The van der Waals surface area contributed by atoms with Crippen LogP contribution >= 0.6 is 11.3 Å². The zero-order valence-corrected chi connectivity index (χ0v) is 15.8. The maximum Gasteiger partial charge on any atom is 0.158 e. The predicted octanol–water partition coefficient (Wildman–Crippen LogP) is 4.93. The summed E-state index contributed by atoms with van der Waals surface area (Å²) in [5.41, 5.74) is 6.23. The Bertz CT molecular complexity index is 900. The first kappa shape index (κ1) is 17.4. The van der Waals surface area contributed by atoms with E-state index in [0.29, 0.717) is 0 Å². The summed E-state index contributed by atoms with van der Waals surface area (Å²) in [4.78, 5) is 10.9. The van der Waals surface area contributed by atoms with E-state index in [0.717, 1.165) is 46.1 Å². The third-order valence-electron chi connectivity index (χ3n) is 4.04. The van der Waals surface area contributed by atoms with Crippen molar-refractivity contribution >= 4 is 33.1 Å². The van der Waals surface area contributed by atoms with Crippen molar-refractivity contribution in [3.63, 3.8) is 0 Å². The molecule has 0 aliphatic rings. The number of aryl methyl sites for hydroxylation is 2. The van der Waals surface area contributed by atoms with Gasteiger partial charge in [-0.2, -0.15) is 5.10 Å². The molecule has 2 aromatic heterocycles. The van der Waals surface area contributed by atoms with Crippen molar-refractivity contribution in [1.29, 1.82) is 0 Å². The Morgan fingerprint density at radius 3 is 2.68 bits per heavy atom. The van der Waals surface area contributed by atoms with Crippen LogP contribution in [0.1, 0.15) is 36.3 Å². The SMILES string of the molecule is CCCOc1ccc(/C(C)=N\Nc2ncnc3sc(C)c(C)c23)cc1. The molecule has 3 aromatic rings. The number of hydrogen-bond acceptors (Lipinski definition) is 6. The lowest BCUT2D eigenvalue weighted by Crippen LogP contribution is -2.02. The molecule has 0 radical (unpaired) electrons. The number of aromatic nitrogens is 2. The highest BCUT2D eigenvalue weighted by atomic mass is 32.1. The Morgan fingerprint density at radius 1 is 1.20 bits per heavy atom. The number of ether oxygens (including phenoxy) is 1. The van der Waals surface area contributed by atoms with Gasteiger partial charge in [0.1, 0.15) is 16.9 Å². The molecule has 25 heavy (non-hydrogen) atoms. The highest BCUT2D eigenvalue weighted by Gasteiger charge is 2.11. The smallest absolute Gasteiger partial charge is 0.158 e. The molecule has 2 heterocycles. The van der Waals surface area contributed by atoms with Gasteiger partial charge in [0, 0.05) is 4.88 Å². The average Bonchev–Trinajstić information content (AvgIpc) is 2.93. The van der Waals surface area contributed by atoms with Crippen LogP contribution in [-0.2, 0) is 0 Å². The Kier molecular flexibility index (Phi) is 5.28. The number of hydrazone groups is 1. The van der Waals surface area contributed by atoms with Crippen molar-refractivity contribution < 1.29 is 4.74 Å².